The lowest BCUT2D eigenvalue weighted by Crippen LogP contribution is -2.52. The van der Waals surface area contributed by atoms with Crippen LogP contribution in [-0.2, 0) is 20.7 Å². The number of esters is 1. The first-order chi connectivity index (χ1) is 14.0. The van der Waals surface area contributed by atoms with Crippen LogP contribution < -0.4 is 10.6 Å². The van der Waals surface area contributed by atoms with Crippen molar-refractivity contribution in [1.29, 1.82) is 0 Å². The Labute approximate surface area is 175 Å². The zero-order valence-corrected chi connectivity index (χ0v) is 17.4. The van der Waals surface area contributed by atoms with Gasteiger partial charge in [0, 0.05) is 12.0 Å². The van der Waals surface area contributed by atoms with Crippen LogP contribution in [0.2, 0.25) is 0 Å². The van der Waals surface area contributed by atoms with E-state index in [9.17, 15) is 14.4 Å². The molecule has 2 N–H and O–H groups in total. The van der Waals surface area contributed by atoms with Gasteiger partial charge in [-0.1, -0.05) is 48.5 Å². The van der Waals surface area contributed by atoms with E-state index in [4.69, 9.17) is 4.74 Å². The van der Waals surface area contributed by atoms with Crippen molar-refractivity contribution >= 4 is 29.5 Å². The molecule has 0 saturated carbocycles. The summed E-state index contributed by atoms with van der Waals surface area (Å²) in [5.74, 6) is -0.574. The lowest BCUT2D eigenvalue weighted by Gasteiger charge is -2.22. The highest BCUT2D eigenvalue weighted by molar-refractivity contribution is 7.98. The lowest BCUT2D eigenvalue weighted by atomic mass is 10.0. The molecule has 7 heteroatoms. The van der Waals surface area contributed by atoms with Gasteiger partial charge in [-0.25, -0.2) is 4.79 Å². The van der Waals surface area contributed by atoms with Gasteiger partial charge >= 0.3 is 5.97 Å². The second-order valence-electron chi connectivity index (χ2n) is 6.45. The highest BCUT2D eigenvalue weighted by Crippen LogP contribution is 2.08. The summed E-state index contributed by atoms with van der Waals surface area (Å²) in [6.45, 7) is 0. The van der Waals surface area contributed by atoms with Crippen molar-refractivity contribution in [3.8, 4) is 0 Å². The van der Waals surface area contributed by atoms with E-state index in [-0.39, 0.29) is 5.91 Å². The molecule has 2 atom stereocenters. The van der Waals surface area contributed by atoms with Gasteiger partial charge in [0.05, 0.1) is 7.11 Å². The summed E-state index contributed by atoms with van der Waals surface area (Å²) in [6.07, 6.45) is 2.68. The van der Waals surface area contributed by atoms with Gasteiger partial charge in [0.15, 0.2) is 0 Å². The Hall–Kier alpha value is -2.80. The van der Waals surface area contributed by atoms with Crippen LogP contribution in [0.4, 0.5) is 0 Å². The van der Waals surface area contributed by atoms with E-state index >= 15 is 0 Å². The Morgan fingerprint density at radius 3 is 2.14 bits per heavy atom. The third kappa shape index (κ3) is 7.27. The summed E-state index contributed by atoms with van der Waals surface area (Å²) in [6, 6.07) is 16.5. The number of rotatable bonds is 10. The molecule has 0 fully saturated rings. The lowest BCUT2D eigenvalue weighted by molar-refractivity contribution is -0.145. The quantitative estimate of drug-likeness (QED) is 0.584. The first-order valence-corrected chi connectivity index (χ1v) is 10.7. The normalized spacial score (nSPS) is 12.5. The average molecular weight is 415 g/mol. The second kappa shape index (κ2) is 11.9. The molecule has 0 spiro atoms. The fourth-order valence-electron chi connectivity index (χ4n) is 2.79. The molecule has 2 amide bonds. The van der Waals surface area contributed by atoms with Crippen LogP contribution in [-0.4, -0.2) is 49.0 Å². The first kappa shape index (κ1) is 22.5. The van der Waals surface area contributed by atoms with Gasteiger partial charge in [-0.2, -0.15) is 11.8 Å². The number of amides is 2. The summed E-state index contributed by atoms with van der Waals surface area (Å²) in [4.78, 5) is 37.6. The summed E-state index contributed by atoms with van der Waals surface area (Å²) in [5.41, 5.74) is 1.37. The highest BCUT2D eigenvalue weighted by atomic mass is 32.2. The van der Waals surface area contributed by atoms with Crippen molar-refractivity contribution in [3.63, 3.8) is 0 Å². The van der Waals surface area contributed by atoms with Crippen molar-refractivity contribution < 1.29 is 19.1 Å². The minimum atomic E-state index is -0.827. The summed E-state index contributed by atoms with van der Waals surface area (Å²) < 4.78 is 4.81. The molecule has 0 bridgehead atoms. The second-order valence-corrected chi connectivity index (χ2v) is 7.43. The van der Waals surface area contributed by atoms with E-state index in [0.717, 1.165) is 5.56 Å². The maximum absolute atomic E-state index is 13.0. The van der Waals surface area contributed by atoms with Gasteiger partial charge < -0.3 is 15.4 Å². The van der Waals surface area contributed by atoms with Crippen LogP contribution in [0.1, 0.15) is 22.3 Å². The van der Waals surface area contributed by atoms with E-state index in [2.05, 4.69) is 10.6 Å². The highest BCUT2D eigenvalue weighted by Gasteiger charge is 2.27. The van der Waals surface area contributed by atoms with Crippen LogP contribution in [0.15, 0.2) is 60.7 Å². The molecule has 29 heavy (non-hydrogen) atoms. The maximum Gasteiger partial charge on any atom is 0.328 e. The van der Waals surface area contributed by atoms with Crippen LogP contribution in [0.25, 0.3) is 0 Å². The number of benzene rings is 2. The average Bonchev–Trinajstić information content (AvgIpc) is 2.76. The topological polar surface area (TPSA) is 84.5 Å². The van der Waals surface area contributed by atoms with Crippen LogP contribution in [0.3, 0.4) is 0 Å². The molecule has 0 heterocycles. The van der Waals surface area contributed by atoms with Crippen molar-refractivity contribution in [2.45, 2.75) is 24.9 Å². The fourth-order valence-corrected chi connectivity index (χ4v) is 3.26. The smallest absolute Gasteiger partial charge is 0.328 e. The Morgan fingerprint density at radius 1 is 0.931 bits per heavy atom. The monoisotopic (exact) mass is 414 g/mol. The van der Waals surface area contributed by atoms with Crippen molar-refractivity contribution in [1.82, 2.24) is 10.6 Å². The summed E-state index contributed by atoms with van der Waals surface area (Å²) in [7, 11) is 1.29. The molecule has 2 aromatic carbocycles. The molecule has 0 aliphatic rings. The largest absolute Gasteiger partial charge is 0.467 e. The predicted molar refractivity (Wildman–Crippen MR) is 115 cm³/mol. The minimum Gasteiger partial charge on any atom is -0.467 e. The Balaban J connectivity index is 2.17. The Bertz CT molecular complexity index is 799. The number of thioether (sulfide) groups is 1. The Kier molecular flexibility index (Phi) is 9.24. The van der Waals surface area contributed by atoms with E-state index in [1.807, 2.05) is 42.7 Å². The molecule has 0 saturated heterocycles. The molecule has 2 aromatic rings. The van der Waals surface area contributed by atoms with Gasteiger partial charge in [-0.15, -0.1) is 0 Å². The molecule has 0 aliphatic carbocycles. The molecule has 0 aliphatic heterocycles. The molecule has 6 nitrogen and oxygen atoms in total. The molecule has 2 rings (SSSR count). The fraction of sp³-hybridized carbons (Fsp3) is 0.318. The summed E-state index contributed by atoms with van der Waals surface area (Å²) >= 11 is 1.58. The number of carbonyl (C=O) groups excluding carboxylic acids is 3. The maximum atomic E-state index is 13.0. The number of carbonyl (C=O) groups is 3. The van der Waals surface area contributed by atoms with Gasteiger partial charge in [-0.05, 0) is 36.1 Å². The van der Waals surface area contributed by atoms with Gasteiger partial charge in [0.25, 0.3) is 5.91 Å². The van der Waals surface area contributed by atoms with Crippen LogP contribution in [0, 0.1) is 0 Å². The van der Waals surface area contributed by atoms with Gasteiger partial charge in [0.1, 0.15) is 12.1 Å². The third-order valence-corrected chi connectivity index (χ3v) is 5.00. The molecule has 0 aromatic heterocycles. The van der Waals surface area contributed by atoms with E-state index < -0.39 is 24.0 Å². The third-order valence-electron chi connectivity index (χ3n) is 4.35. The zero-order valence-electron chi connectivity index (χ0n) is 16.6. The van der Waals surface area contributed by atoms with E-state index in [1.165, 1.54) is 7.11 Å². The molecule has 0 unspecified atom stereocenters. The number of methoxy groups -OCH3 is 1. The number of hydrogen-bond donors (Lipinski definition) is 2. The van der Waals surface area contributed by atoms with Crippen molar-refractivity contribution in [2.24, 2.45) is 0 Å². The minimum absolute atomic E-state index is 0.307. The number of nitrogens with one attached hydrogen (secondary N) is 2. The van der Waals surface area contributed by atoms with E-state index in [0.29, 0.717) is 24.2 Å². The van der Waals surface area contributed by atoms with Crippen LogP contribution >= 0.6 is 11.8 Å². The van der Waals surface area contributed by atoms with Crippen molar-refractivity contribution in [3.05, 3.63) is 71.8 Å². The number of hydrogen-bond acceptors (Lipinski definition) is 5. The molecule has 154 valence electrons. The first-order valence-electron chi connectivity index (χ1n) is 9.32. The van der Waals surface area contributed by atoms with Crippen LogP contribution in [0.5, 0.6) is 0 Å². The van der Waals surface area contributed by atoms with Gasteiger partial charge in [0.2, 0.25) is 5.91 Å². The molecular formula is C22H26N2O4S. The Morgan fingerprint density at radius 2 is 1.55 bits per heavy atom. The number of ether oxygens (including phenoxy) is 1. The SMILES string of the molecule is COC(=O)[C@H](CCSC)NC(=O)[C@@H](Cc1ccccc1)NC(=O)c1ccccc1. The molecular weight excluding hydrogens is 388 g/mol. The van der Waals surface area contributed by atoms with E-state index in [1.54, 1.807) is 36.0 Å². The predicted octanol–water partition coefficient (Wildman–Crippen LogP) is 2.44. The van der Waals surface area contributed by atoms with Crippen molar-refractivity contribution in [2.75, 3.05) is 19.1 Å². The van der Waals surface area contributed by atoms with Gasteiger partial charge in [-0.3, -0.25) is 9.59 Å². The molecule has 0 radical (unpaired) electrons. The summed E-state index contributed by atoms with van der Waals surface area (Å²) in [5, 5.41) is 5.53. The standard InChI is InChI=1S/C22H26N2O4S/c1-28-22(27)18(13-14-29-2)23-21(26)19(15-16-9-5-3-6-10-16)24-20(25)17-11-7-4-8-12-17/h3-12,18-19H,13-15H2,1-2H3,(H,23,26)(H,24,25)/t18-,19+/m0/s1. The zero-order chi connectivity index (χ0) is 21.1.